The Kier molecular flexibility index (Phi) is 6.79. The highest BCUT2D eigenvalue weighted by atomic mass is 32.1. The summed E-state index contributed by atoms with van der Waals surface area (Å²) in [6.07, 6.45) is -0.512. The Labute approximate surface area is 204 Å². The molecule has 0 unspecified atom stereocenters. The SMILES string of the molecule is C[C@@H](NC(=O)[C@H]1CCCN1c1nc2c(=O)n(C3CCOCC3)c(C(F)F)nc2s1)c1ccccc1. The third kappa shape index (κ3) is 4.66. The minimum Gasteiger partial charge on any atom is -0.381 e. The highest BCUT2D eigenvalue weighted by Gasteiger charge is 2.35. The number of fused-ring (bicyclic) bond motifs is 1. The third-order valence-electron chi connectivity index (χ3n) is 6.69. The molecule has 1 N–H and O–H groups in total. The van der Waals surface area contributed by atoms with Crippen LogP contribution in [0.25, 0.3) is 10.3 Å². The molecule has 186 valence electrons. The van der Waals surface area contributed by atoms with Crippen LogP contribution >= 0.6 is 11.3 Å². The Morgan fingerprint density at radius 2 is 1.91 bits per heavy atom. The zero-order valence-corrected chi connectivity index (χ0v) is 20.1. The predicted octanol–water partition coefficient (Wildman–Crippen LogP) is 3.99. The number of benzene rings is 1. The lowest BCUT2D eigenvalue weighted by Crippen LogP contribution is -2.44. The third-order valence-corrected chi connectivity index (χ3v) is 7.68. The molecule has 2 aliphatic heterocycles. The van der Waals surface area contributed by atoms with Gasteiger partial charge in [-0.1, -0.05) is 41.7 Å². The van der Waals surface area contributed by atoms with Crippen molar-refractivity contribution in [3.05, 3.63) is 52.1 Å². The normalized spacial score (nSPS) is 20.0. The van der Waals surface area contributed by atoms with E-state index in [1.165, 1.54) is 0 Å². The van der Waals surface area contributed by atoms with Gasteiger partial charge in [0.2, 0.25) is 5.91 Å². The second-order valence-corrected chi connectivity index (χ2v) is 9.89. The van der Waals surface area contributed by atoms with Crippen molar-refractivity contribution in [1.82, 2.24) is 19.9 Å². The Morgan fingerprint density at radius 3 is 2.63 bits per heavy atom. The summed E-state index contributed by atoms with van der Waals surface area (Å²) in [6, 6.07) is 8.68. The number of thiazole rings is 1. The summed E-state index contributed by atoms with van der Waals surface area (Å²) in [6.45, 7) is 3.34. The zero-order valence-electron chi connectivity index (χ0n) is 19.3. The topological polar surface area (TPSA) is 89.4 Å². The molecule has 0 radical (unpaired) electrons. The smallest absolute Gasteiger partial charge is 0.295 e. The first kappa shape index (κ1) is 23.8. The van der Waals surface area contributed by atoms with Gasteiger partial charge in [0, 0.05) is 25.8 Å². The van der Waals surface area contributed by atoms with E-state index in [1.54, 1.807) is 0 Å². The van der Waals surface area contributed by atoms with Crippen LogP contribution in [0.3, 0.4) is 0 Å². The van der Waals surface area contributed by atoms with Crippen molar-refractivity contribution in [2.24, 2.45) is 0 Å². The van der Waals surface area contributed by atoms with E-state index in [0.717, 1.165) is 27.9 Å². The molecule has 5 rings (SSSR count). The number of ether oxygens (including phenoxy) is 1. The Bertz CT molecular complexity index is 1260. The standard InChI is InChI=1S/C24H27F2N5O3S/c1-14(15-6-3-2-4-7-15)27-21(32)17-8-5-11-30(17)24-28-18-22(35-24)29-20(19(25)26)31(23(18)33)16-9-12-34-13-10-16/h2-4,6-7,14,16-17,19H,5,8-13H2,1H3,(H,27,32)/t14-,17-/m1/s1. The molecule has 0 spiro atoms. The van der Waals surface area contributed by atoms with E-state index in [0.29, 0.717) is 44.2 Å². The average molecular weight is 504 g/mol. The second-order valence-electron chi connectivity index (χ2n) is 8.93. The summed E-state index contributed by atoms with van der Waals surface area (Å²) < 4.78 is 34.2. The largest absolute Gasteiger partial charge is 0.381 e. The molecular weight excluding hydrogens is 476 g/mol. The summed E-state index contributed by atoms with van der Waals surface area (Å²) >= 11 is 1.08. The van der Waals surface area contributed by atoms with Gasteiger partial charge in [0.05, 0.1) is 6.04 Å². The number of carbonyl (C=O) groups excluding carboxylic acids is 1. The first-order chi connectivity index (χ1) is 16.9. The first-order valence-electron chi connectivity index (χ1n) is 11.8. The van der Waals surface area contributed by atoms with E-state index in [2.05, 4.69) is 15.3 Å². The molecule has 35 heavy (non-hydrogen) atoms. The van der Waals surface area contributed by atoms with E-state index in [1.807, 2.05) is 42.2 Å². The van der Waals surface area contributed by atoms with Crippen molar-refractivity contribution in [3.8, 4) is 0 Å². The van der Waals surface area contributed by atoms with Crippen molar-refractivity contribution in [2.75, 3.05) is 24.7 Å². The van der Waals surface area contributed by atoms with Crippen molar-refractivity contribution >= 4 is 32.7 Å². The number of nitrogens with zero attached hydrogens (tertiary/aromatic N) is 4. The lowest BCUT2D eigenvalue weighted by atomic mass is 10.1. The molecular formula is C24H27F2N5O3S. The van der Waals surface area contributed by atoms with Gasteiger partial charge < -0.3 is 15.0 Å². The fourth-order valence-corrected chi connectivity index (χ4v) is 5.88. The Hall–Kier alpha value is -2.92. The molecule has 8 nitrogen and oxygen atoms in total. The molecule has 3 aromatic rings. The minimum atomic E-state index is -2.88. The molecule has 2 aliphatic rings. The maximum absolute atomic E-state index is 13.9. The summed E-state index contributed by atoms with van der Waals surface area (Å²) in [4.78, 5) is 37.1. The number of aromatic nitrogens is 3. The molecule has 2 atom stereocenters. The Morgan fingerprint density at radius 1 is 1.17 bits per heavy atom. The number of rotatable bonds is 6. The van der Waals surface area contributed by atoms with Crippen LogP contribution in [0.4, 0.5) is 13.9 Å². The number of hydrogen-bond acceptors (Lipinski definition) is 7. The predicted molar refractivity (Wildman–Crippen MR) is 129 cm³/mol. The van der Waals surface area contributed by atoms with Gasteiger partial charge in [-0.05, 0) is 38.2 Å². The molecule has 1 aromatic carbocycles. The van der Waals surface area contributed by atoms with Gasteiger partial charge in [-0.2, -0.15) is 0 Å². The molecule has 2 aromatic heterocycles. The molecule has 2 fully saturated rings. The summed E-state index contributed by atoms with van der Waals surface area (Å²) in [5, 5.41) is 3.52. The second kappa shape index (κ2) is 9.98. The van der Waals surface area contributed by atoms with Gasteiger partial charge in [0.1, 0.15) is 6.04 Å². The summed E-state index contributed by atoms with van der Waals surface area (Å²) in [7, 11) is 0. The van der Waals surface area contributed by atoms with Gasteiger partial charge in [-0.25, -0.2) is 18.7 Å². The molecule has 2 saturated heterocycles. The summed E-state index contributed by atoms with van der Waals surface area (Å²) in [5.41, 5.74) is 0.518. The van der Waals surface area contributed by atoms with Crippen molar-refractivity contribution in [1.29, 1.82) is 0 Å². The molecule has 0 bridgehead atoms. The number of halogens is 2. The van der Waals surface area contributed by atoms with E-state index in [-0.39, 0.29) is 22.3 Å². The molecule has 11 heteroatoms. The van der Waals surface area contributed by atoms with Crippen LogP contribution in [0.1, 0.15) is 62.5 Å². The van der Waals surface area contributed by atoms with E-state index >= 15 is 0 Å². The highest BCUT2D eigenvalue weighted by molar-refractivity contribution is 7.21. The number of amides is 1. The van der Waals surface area contributed by atoms with Gasteiger partial charge in [0.25, 0.3) is 12.0 Å². The number of hydrogen-bond donors (Lipinski definition) is 1. The summed E-state index contributed by atoms with van der Waals surface area (Å²) in [5.74, 6) is -0.657. The van der Waals surface area contributed by atoms with Crippen LogP contribution < -0.4 is 15.8 Å². The lowest BCUT2D eigenvalue weighted by Gasteiger charge is -2.25. The zero-order chi connectivity index (χ0) is 24.5. The first-order valence-corrected chi connectivity index (χ1v) is 12.7. The molecule has 0 saturated carbocycles. The van der Waals surface area contributed by atoms with E-state index in [4.69, 9.17) is 4.74 Å². The number of carbonyl (C=O) groups is 1. The number of alkyl halides is 2. The van der Waals surface area contributed by atoms with Crippen molar-refractivity contribution in [2.45, 2.75) is 57.2 Å². The highest BCUT2D eigenvalue weighted by Crippen LogP contribution is 2.34. The van der Waals surface area contributed by atoms with Crippen LogP contribution in [-0.2, 0) is 9.53 Å². The molecule has 4 heterocycles. The van der Waals surface area contributed by atoms with Gasteiger partial charge in [-0.15, -0.1) is 0 Å². The molecule has 1 amide bonds. The monoisotopic (exact) mass is 503 g/mol. The van der Waals surface area contributed by atoms with Crippen molar-refractivity contribution < 1.29 is 18.3 Å². The number of anilines is 1. The van der Waals surface area contributed by atoms with E-state index in [9.17, 15) is 18.4 Å². The molecule has 0 aliphatic carbocycles. The fourth-order valence-electron chi connectivity index (χ4n) is 4.87. The van der Waals surface area contributed by atoms with Gasteiger partial charge in [0.15, 0.2) is 21.3 Å². The lowest BCUT2D eigenvalue weighted by molar-refractivity contribution is -0.122. The van der Waals surface area contributed by atoms with Crippen LogP contribution in [0.5, 0.6) is 0 Å². The van der Waals surface area contributed by atoms with E-state index < -0.39 is 29.9 Å². The quantitative estimate of drug-likeness (QED) is 0.547. The fraction of sp³-hybridized carbons (Fsp3) is 0.500. The van der Waals surface area contributed by atoms with Gasteiger partial charge >= 0.3 is 0 Å². The van der Waals surface area contributed by atoms with Crippen LogP contribution in [0.2, 0.25) is 0 Å². The van der Waals surface area contributed by atoms with Crippen LogP contribution in [-0.4, -0.2) is 46.2 Å². The minimum absolute atomic E-state index is 0.0737. The van der Waals surface area contributed by atoms with Crippen LogP contribution in [0, 0.1) is 0 Å². The van der Waals surface area contributed by atoms with Gasteiger partial charge in [-0.3, -0.25) is 14.2 Å². The van der Waals surface area contributed by atoms with Crippen LogP contribution in [0.15, 0.2) is 35.1 Å². The maximum atomic E-state index is 13.9. The van der Waals surface area contributed by atoms with Crippen molar-refractivity contribution in [3.63, 3.8) is 0 Å². The maximum Gasteiger partial charge on any atom is 0.295 e. The Balaban J connectivity index is 1.44. The number of nitrogens with one attached hydrogen (secondary N) is 1. The average Bonchev–Trinajstić information content (AvgIpc) is 3.52.